The Bertz CT molecular complexity index is 453. The van der Waals surface area contributed by atoms with Gasteiger partial charge in [0.1, 0.15) is 12.4 Å². The first-order valence-corrected chi connectivity index (χ1v) is 6.33. The lowest BCUT2D eigenvalue weighted by Gasteiger charge is -2.32. The summed E-state index contributed by atoms with van der Waals surface area (Å²) in [5.74, 6) is 0.674. The van der Waals surface area contributed by atoms with E-state index in [0.717, 1.165) is 6.54 Å². The summed E-state index contributed by atoms with van der Waals surface area (Å²) in [7, 11) is 2.13. The van der Waals surface area contributed by atoms with Gasteiger partial charge in [0.05, 0.1) is 17.3 Å². The molecule has 4 nitrogen and oxygen atoms in total. The van der Waals surface area contributed by atoms with Crippen LogP contribution in [0.1, 0.15) is 24.8 Å². The standard InChI is InChI=1S/C14H19N3O/c1-17-7-3-2-4-12(17)10-18-14-6-5-11(9-15)8-13(14)16/h5-6,8,12H,2-4,7,10,16H2,1H3. The fourth-order valence-corrected chi connectivity index (χ4v) is 2.29. The molecule has 96 valence electrons. The number of anilines is 1. The van der Waals surface area contributed by atoms with Gasteiger partial charge in [-0.15, -0.1) is 0 Å². The minimum absolute atomic E-state index is 0.466. The monoisotopic (exact) mass is 245 g/mol. The Kier molecular flexibility index (Phi) is 4.06. The van der Waals surface area contributed by atoms with Gasteiger partial charge in [-0.3, -0.25) is 0 Å². The molecule has 1 atom stereocenters. The number of likely N-dealkylation sites (N-methyl/N-ethyl adjacent to an activating group) is 1. The van der Waals surface area contributed by atoms with Crippen molar-refractivity contribution < 1.29 is 4.74 Å². The largest absolute Gasteiger partial charge is 0.490 e. The first kappa shape index (κ1) is 12.7. The summed E-state index contributed by atoms with van der Waals surface area (Å²) in [6.07, 6.45) is 3.71. The Morgan fingerprint density at radius 3 is 3.00 bits per heavy atom. The zero-order valence-electron chi connectivity index (χ0n) is 10.7. The lowest BCUT2D eigenvalue weighted by Crippen LogP contribution is -2.40. The van der Waals surface area contributed by atoms with Crippen LogP contribution in [0.2, 0.25) is 0 Å². The Balaban J connectivity index is 1.95. The Labute approximate surface area is 108 Å². The first-order valence-electron chi connectivity index (χ1n) is 6.33. The number of ether oxygens (including phenoxy) is 1. The molecule has 0 bridgehead atoms. The van der Waals surface area contributed by atoms with Gasteiger partial charge < -0.3 is 15.4 Å². The minimum atomic E-state index is 0.466. The highest BCUT2D eigenvalue weighted by molar-refractivity contribution is 5.56. The number of nitrogens with two attached hydrogens (primary N) is 1. The average molecular weight is 245 g/mol. The third-order valence-corrected chi connectivity index (χ3v) is 3.49. The quantitative estimate of drug-likeness (QED) is 0.827. The molecular formula is C14H19N3O. The lowest BCUT2D eigenvalue weighted by molar-refractivity contribution is 0.125. The van der Waals surface area contributed by atoms with E-state index in [1.807, 2.05) is 0 Å². The summed E-state index contributed by atoms with van der Waals surface area (Å²) >= 11 is 0. The Morgan fingerprint density at radius 1 is 1.50 bits per heavy atom. The van der Waals surface area contributed by atoms with Crippen molar-refractivity contribution in [3.05, 3.63) is 23.8 Å². The van der Waals surface area contributed by atoms with Crippen LogP contribution in [-0.2, 0) is 0 Å². The van der Waals surface area contributed by atoms with Crippen molar-refractivity contribution in [2.24, 2.45) is 0 Å². The molecule has 0 radical (unpaired) electrons. The van der Waals surface area contributed by atoms with Crippen LogP contribution in [0.15, 0.2) is 18.2 Å². The summed E-state index contributed by atoms with van der Waals surface area (Å²) < 4.78 is 5.77. The molecule has 1 aromatic rings. The zero-order chi connectivity index (χ0) is 13.0. The van der Waals surface area contributed by atoms with Gasteiger partial charge in [0.2, 0.25) is 0 Å². The topological polar surface area (TPSA) is 62.3 Å². The summed E-state index contributed by atoms with van der Waals surface area (Å²) in [4.78, 5) is 2.34. The van der Waals surface area contributed by atoms with Gasteiger partial charge in [0.25, 0.3) is 0 Å². The van der Waals surface area contributed by atoms with Gasteiger partial charge in [-0.05, 0) is 44.6 Å². The van der Waals surface area contributed by atoms with Gasteiger partial charge in [-0.1, -0.05) is 6.42 Å². The normalized spacial score (nSPS) is 20.3. The minimum Gasteiger partial charge on any atom is -0.490 e. The summed E-state index contributed by atoms with van der Waals surface area (Å²) in [5, 5.41) is 8.77. The van der Waals surface area contributed by atoms with Crippen LogP contribution in [0.5, 0.6) is 5.75 Å². The maximum Gasteiger partial charge on any atom is 0.142 e. The van der Waals surface area contributed by atoms with Crippen LogP contribution in [0.4, 0.5) is 5.69 Å². The van der Waals surface area contributed by atoms with E-state index in [4.69, 9.17) is 15.7 Å². The molecule has 1 aliphatic rings. The third kappa shape index (κ3) is 2.93. The molecule has 4 heteroatoms. The predicted molar refractivity (Wildman–Crippen MR) is 71.3 cm³/mol. The van der Waals surface area contributed by atoms with Gasteiger partial charge in [0, 0.05) is 6.04 Å². The third-order valence-electron chi connectivity index (χ3n) is 3.49. The number of likely N-dealkylation sites (tertiary alicyclic amines) is 1. The van der Waals surface area contributed by atoms with Crippen molar-refractivity contribution in [2.75, 3.05) is 25.9 Å². The smallest absolute Gasteiger partial charge is 0.142 e. The van der Waals surface area contributed by atoms with Crippen molar-refractivity contribution in [3.63, 3.8) is 0 Å². The molecule has 1 saturated heterocycles. The van der Waals surface area contributed by atoms with E-state index in [-0.39, 0.29) is 0 Å². The predicted octanol–water partition coefficient (Wildman–Crippen LogP) is 2.00. The SMILES string of the molecule is CN1CCCCC1COc1ccc(C#N)cc1N. The van der Waals surface area contributed by atoms with E-state index in [9.17, 15) is 0 Å². The maximum atomic E-state index is 8.77. The Morgan fingerprint density at radius 2 is 2.33 bits per heavy atom. The number of piperidine rings is 1. The number of nitrogens with zero attached hydrogens (tertiary/aromatic N) is 2. The van der Waals surface area contributed by atoms with E-state index in [1.165, 1.54) is 19.3 Å². The number of hydrogen-bond acceptors (Lipinski definition) is 4. The van der Waals surface area contributed by atoms with Crippen LogP contribution >= 0.6 is 0 Å². The Hall–Kier alpha value is -1.73. The fraction of sp³-hybridized carbons (Fsp3) is 0.500. The molecule has 0 amide bonds. The van der Waals surface area contributed by atoms with Crippen LogP contribution < -0.4 is 10.5 Å². The second-order valence-electron chi connectivity index (χ2n) is 4.81. The van der Waals surface area contributed by atoms with Gasteiger partial charge in [-0.2, -0.15) is 5.26 Å². The van der Waals surface area contributed by atoms with Crippen molar-refractivity contribution >= 4 is 5.69 Å². The average Bonchev–Trinajstić information content (AvgIpc) is 2.39. The van der Waals surface area contributed by atoms with E-state index >= 15 is 0 Å². The molecule has 1 aliphatic heterocycles. The number of nitrogen functional groups attached to an aromatic ring is 1. The molecular weight excluding hydrogens is 226 g/mol. The molecule has 1 heterocycles. The van der Waals surface area contributed by atoms with Crippen molar-refractivity contribution in [2.45, 2.75) is 25.3 Å². The molecule has 2 rings (SSSR count). The number of benzene rings is 1. The van der Waals surface area contributed by atoms with Gasteiger partial charge in [0.15, 0.2) is 0 Å². The highest BCUT2D eigenvalue weighted by Crippen LogP contribution is 2.24. The molecule has 0 saturated carbocycles. The first-order chi connectivity index (χ1) is 8.70. The lowest BCUT2D eigenvalue weighted by atomic mass is 10.0. The van der Waals surface area contributed by atoms with Crippen molar-refractivity contribution in [1.82, 2.24) is 4.90 Å². The highest BCUT2D eigenvalue weighted by Gasteiger charge is 2.19. The van der Waals surface area contributed by atoms with Crippen LogP contribution in [0.3, 0.4) is 0 Å². The van der Waals surface area contributed by atoms with Gasteiger partial charge in [-0.25, -0.2) is 0 Å². The number of rotatable bonds is 3. The number of nitriles is 1. The van der Waals surface area contributed by atoms with Crippen molar-refractivity contribution in [3.8, 4) is 11.8 Å². The van der Waals surface area contributed by atoms with Crippen molar-refractivity contribution in [1.29, 1.82) is 5.26 Å². The fourth-order valence-electron chi connectivity index (χ4n) is 2.29. The zero-order valence-corrected chi connectivity index (χ0v) is 10.7. The van der Waals surface area contributed by atoms with E-state index in [2.05, 4.69) is 18.0 Å². The van der Waals surface area contributed by atoms with Crippen LogP contribution in [-0.4, -0.2) is 31.1 Å². The molecule has 2 N–H and O–H groups in total. The summed E-state index contributed by atoms with van der Waals surface area (Å²) in [6.45, 7) is 1.80. The number of hydrogen-bond donors (Lipinski definition) is 1. The molecule has 1 aromatic carbocycles. The molecule has 1 fully saturated rings. The maximum absolute atomic E-state index is 8.77. The van der Waals surface area contributed by atoms with E-state index in [1.54, 1.807) is 18.2 Å². The molecule has 18 heavy (non-hydrogen) atoms. The van der Waals surface area contributed by atoms with E-state index in [0.29, 0.717) is 29.6 Å². The van der Waals surface area contributed by atoms with Crippen LogP contribution in [0.25, 0.3) is 0 Å². The second-order valence-corrected chi connectivity index (χ2v) is 4.81. The molecule has 0 spiro atoms. The summed E-state index contributed by atoms with van der Waals surface area (Å²) in [6, 6.07) is 7.69. The second kappa shape index (κ2) is 5.74. The molecule has 0 aromatic heterocycles. The summed E-state index contributed by atoms with van der Waals surface area (Å²) in [5.41, 5.74) is 6.96. The molecule has 0 aliphatic carbocycles. The van der Waals surface area contributed by atoms with Crippen LogP contribution in [0, 0.1) is 11.3 Å². The molecule has 1 unspecified atom stereocenters. The van der Waals surface area contributed by atoms with Gasteiger partial charge >= 0.3 is 0 Å². The highest BCUT2D eigenvalue weighted by atomic mass is 16.5. The van der Waals surface area contributed by atoms with E-state index < -0.39 is 0 Å².